The normalized spacial score (nSPS) is 20.5. The molecule has 1 aliphatic rings. The highest BCUT2D eigenvalue weighted by atomic mass is 79.9. The summed E-state index contributed by atoms with van der Waals surface area (Å²) in [6.07, 6.45) is 1.46. The fourth-order valence-electron chi connectivity index (χ4n) is 2.39. The first-order chi connectivity index (χ1) is 9.37. The lowest BCUT2D eigenvalue weighted by atomic mass is 10.2. The van der Waals surface area contributed by atoms with Crippen molar-refractivity contribution in [3.63, 3.8) is 0 Å². The van der Waals surface area contributed by atoms with E-state index in [1.165, 1.54) is 4.31 Å². The van der Waals surface area contributed by atoms with Crippen LogP contribution in [-0.4, -0.2) is 38.9 Å². The van der Waals surface area contributed by atoms with Crippen molar-refractivity contribution in [3.8, 4) is 0 Å². The van der Waals surface area contributed by atoms with Gasteiger partial charge >= 0.3 is 0 Å². The van der Waals surface area contributed by atoms with Gasteiger partial charge in [0, 0.05) is 25.2 Å². The van der Waals surface area contributed by atoms with Crippen LogP contribution in [0.1, 0.15) is 12.8 Å². The fourth-order valence-corrected chi connectivity index (χ4v) is 4.66. The second kappa shape index (κ2) is 6.05. The van der Waals surface area contributed by atoms with Gasteiger partial charge in [-0.1, -0.05) is 0 Å². The van der Waals surface area contributed by atoms with Crippen molar-refractivity contribution in [3.05, 3.63) is 28.2 Å². The molecule has 4 nitrogen and oxygen atoms in total. The van der Waals surface area contributed by atoms with Crippen LogP contribution in [0.15, 0.2) is 21.5 Å². The molecule has 1 saturated heterocycles. The van der Waals surface area contributed by atoms with Gasteiger partial charge in [-0.2, -0.15) is 4.31 Å². The number of benzene rings is 1. The molecule has 1 N–H and O–H groups in total. The van der Waals surface area contributed by atoms with Gasteiger partial charge in [-0.25, -0.2) is 17.2 Å². The molecule has 0 spiro atoms. The summed E-state index contributed by atoms with van der Waals surface area (Å²) in [7, 11) is -2.22. The molecule has 112 valence electrons. The van der Waals surface area contributed by atoms with Gasteiger partial charge in [-0.05, 0) is 41.9 Å². The molecule has 0 radical (unpaired) electrons. The van der Waals surface area contributed by atoms with E-state index in [0.717, 1.165) is 18.9 Å². The lowest BCUT2D eigenvalue weighted by Crippen LogP contribution is -2.41. The van der Waals surface area contributed by atoms with Crippen molar-refractivity contribution in [2.75, 3.05) is 20.1 Å². The Bertz CT molecular complexity index is 610. The zero-order valence-corrected chi connectivity index (χ0v) is 13.3. The van der Waals surface area contributed by atoms with Crippen molar-refractivity contribution >= 4 is 26.0 Å². The minimum absolute atomic E-state index is 0.0677. The van der Waals surface area contributed by atoms with Crippen molar-refractivity contribution in [1.29, 1.82) is 0 Å². The van der Waals surface area contributed by atoms with Gasteiger partial charge < -0.3 is 5.32 Å². The Hall–Kier alpha value is -0.570. The summed E-state index contributed by atoms with van der Waals surface area (Å²) in [5.41, 5.74) is 0. The van der Waals surface area contributed by atoms with E-state index < -0.39 is 26.6 Å². The van der Waals surface area contributed by atoms with Crippen LogP contribution in [-0.2, 0) is 10.0 Å². The molecule has 0 aromatic heterocycles. The quantitative estimate of drug-likeness (QED) is 0.828. The summed E-state index contributed by atoms with van der Waals surface area (Å²) in [5.74, 6) is -1.89. The van der Waals surface area contributed by atoms with Crippen LogP contribution >= 0.6 is 15.9 Å². The van der Waals surface area contributed by atoms with E-state index in [2.05, 4.69) is 21.2 Å². The lowest BCUT2D eigenvalue weighted by molar-refractivity contribution is 0.376. The second-order valence-corrected chi connectivity index (χ2v) is 7.38. The summed E-state index contributed by atoms with van der Waals surface area (Å²) in [4.78, 5) is -0.492. The SMILES string of the molecule is CNCC1CCCN1S(=O)(=O)c1cc(Br)c(F)cc1F. The zero-order valence-electron chi connectivity index (χ0n) is 10.9. The standard InChI is InChI=1S/C12H15BrF2N2O2S/c1-16-7-8-3-2-4-17(8)20(18,19)12-5-9(13)10(14)6-11(12)15/h5-6,8,16H,2-4,7H2,1H3. The van der Waals surface area contributed by atoms with Gasteiger partial charge in [0.1, 0.15) is 16.5 Å². The van der Waals surface area contributed by atoms with Gasteiger partial charge in [0.15, 0.2) is 0 Å². The highest BCUT2D eigenvalue weighted by molar-refractivity contribution is 9.10. The van der Waals surface area contributed by atoms with Gasteiger partial charge in [0.05, 0.1) is 4.47 Å². The van der Waals surface area contributed by atoms with Crippen molar-refractivity contribution in [2.24, 2.45) is 0 Å². The van der Waals surface area contributed by atoms with Crippen LogP contribution in [0, 0.1) is 11.6 Å². The third-order valence-corrected chi connectivity index (χ3v) is 5.90. The maximum atomic E-state index is 13.8. The van der Waals surface area contributed by atoms with Crippen LogP contribution in [0.2, 0.25) is 0 Å². The summed E-state index contributed by atoms with van der Waals surface area (Å²) >= 11 is 2.89. The number of hydrogen-bond donors (Lipinski definition) is 1. The molecule has 1 heterocycles. The molecule has 2 rings (SSSR count). The molecule has 1 aromatic rings. The lowest BCUT2D eigenvalue weighted by Gasteiger charge is -2.24. The highest BCUT2D eigenvalue weighted by Gasteiger charge is 2.36. The molecular formula is C12H15BrF2N2O2S. The monoisotopic (exact) mass is 368 g/mol. The average molecular weight is 369 g/mol. The second-order valence-electron chi connectivity index (χ2n) is 4.67. The molecule has 0 bridgehead atoms. The molecule has 20 heavy (non-hydrogen) atoms. The fraction of sp³-hybridized carbons (Fsp3) is 0.500. The summed E-state index contributed by atoms with van der Waals surface area (Å²) in [6.45, 7) is 0.854. The van der Waals surface area contributed by atoms with Gasteiger partial charge in [0.2, 0.25) is 10.0 Å². The van der Waals surface area contributed by atoms with Crippen molar-refractivity contribution < 1.29 is 17.2 Å². The Morgan fingerprint density at radius 3 is 2.75 bits per heavy atom. The topological polar surface area (TPSA) is 49.4 Å². The number of likely N-dealkylation sites (N-methyl/N-ethyl adjacent to an activating group) is 1. The third-order valence-electron chi connectivity index (χ3n) is 3.32. The molecule has 0 amide bonds. The largest absolute Gasteiger partial charge is 0.318 e. The summed E-state index contributed by atoms with van der Waals surface area (Å²) in [5, 5.41) is 2.93. The minimum atomic E-state index is -3.96. The molecule has 8 heteroatoms. The highest BCUT2D eigenvalue weighted by Crippen LogP contribution is 2.30. The smallest absolute Gasteiger partial charge is 0.246 e. The van der Waals surface area contributed by atoms with Crippen LogP contribution in [0.3, 0.4) is 0 Å². The van der Waals surface area contributed by atoms with Gasteiger partial charge in [-0.15, -0.1) is 0 Å². The molecule has 1 fully saturated rings. The number of hydrogen-bond acceptors (Lipinski definition) is 3. The predicted molar refractivity (Wildman–Crippen MR) is 74.9 cm³/mol. The van der Waals surface area contributed by atoms with E-state index in [1.807, 2.05) is 0 Å². The first-order valence-electron chi connectivity index (χ1n) is 6.19. The van der Waals surface area contributed by atoms with Crippen LogP contribution < -0.4 is 5.32 Å². The van der Waals surface area contributed by atoms with E-state index in [4.69, 9.17) is 0 Å². The summed E-state index contributed by atoms with van der Waals surface area (Å²) < 4.78 is 53.3. The number of nitrogens with zero attached hydrogens (tertiary/aromatic N) is 1. The molecular weight excluding hydrogens is 354 g/mol. The Morgan fingerprint density at radius 1 is 1.40 bits per heavy atom. The third kappa shape index (κ3) is 2.88. The van der Waals surface area contributed by atoms with Crippen LogP contribution in [0.25, 0.3) is 0 Å². The molecule has 1 atom stereocenters. The number of halogens is 3. The van der Waals surface area contributed by atoms with Gasteiger partial charge in [0.25, 0.3) is 0 Å². The first kappa shape index (κ1) is 15.8. The summed E-state index contributed by atoms with van der Waals surface area (Å²) in [6, 6.07) is 1.36. The molecule has 0 aliphatic carbocycles. The Kier molecular flexibility index (Phi) is 4.78. The molecule has 1 aliphatic heterocycles. The molecule has 0 saturated carbocycles. The van der Waals surface area contributed by atoms with Gasteiger partial charge in [-0.3, -0.25) is 0 Å². The van der Waals surface area contributed by atoms with E-state index in [-0.39, 0.29) is 10.5 Å². The van der Waals surface area contributed by atoms with E-state index in [1.54, 1.807) is 7.05 Å². The van der Waals surface area contributed by atoms with Crippen molar-refractivity contribution in [1.82, 2.24) is 9.62 Å². The van der Waals surface area contributed by atoms with E-state index >= 15 is 0 Å². The van der Waals surface area contributed by atoms with Crippen LogP contribution in [0.5, 0.6) is 0 Å². The maximum absolute atomic E-state index is 13.8. The number of rotatable bonds is 4. The predicted octanol–water partition coefficient (Wildman–Crippen LogP) is 2.10. The minimum Gasteiger partial charge on any atom is -0.318 e. The number of sulfonamides is 1. The van der Waals surface area contributed by atoms with E-state index in [9.17, 15) is 17.2 Å². The Balaban J connectivity index is 2.42. The Labute approximate surface area is 125 Å². The van der Waals surface area contributed by atoms with E-state index in [0.29, 0.717) is 19.2 Å². The maximum Gasteiger partial charge on any atom is 0.246 e. The van der Waals surface area contributed by atoms with Crippen LogP contribution in [0.4, 0.5) is 8.78 Å². The average Bonchev–Trinajstić information content (AvgIpc) is 2.83. The number of nitrogens with one attached hydrogen (secondary N) is 1. The molecule has 1 unspecified atom stereocenters. The zero-order chi connectivity index (χ0) is 14.9. The molecule has 1 aromatic carbocycles. The van der Waals surface area contributed by atoms with Crippen molar-refractivity contribution in [2.45, 2.75) is 23.8 Å². The Morgan fingerprint density at radius 2 is 2.10 bits per heavy atom. The first-order valence-corrected chi connectivity index (χ1v) is 8.42.